The van der Waals surface area contributed by atoms with Gasteiger partial charge in [-0.05, 0) is 42.3 Å². The summed E-state index contributed by atoms with van der Waals surface area (Å²) in [5.74, 6) is 0.447. The number of hydrogen-bond donors (Lipinski definition) is 2. The highest BCUT2D eigenvalue weighted by Crippen LogP contribution is 2.16. The van der Waals surface area contributed by atoms with E-state index in [0.717, 1.165) is 24.4 Å². The third-order valence-corrected chi connectivity index (χ3v) is 2.88. The number of methoxy groups -OCH3 is 1. The Morgan fingerprint density at radius 3 is 2.79 bits per heavy atom. The Bertz CT molecular complexity index is 558. The van der Waals surface area contributed by atoms with Crippen LogP contribution in [0.4, 0.5) is 15.8 Å². The van der Waals surface area contributed by atoms with E-state index in [-0.39, 0.29) is 5.69 Å². The standard InChI is InChI=1S/C15H17FN2O/c1-19-13-4-2-3-11(9-13)7-8-18-12-5-6-15(17)14(16)10-12/h2-6,9-10,18H,7-8,17H2,1H3. The Morgan fingerprint density at radius 1 is 1.21 bits per heavy atom. The fraction of sp³-hybridized carbons (Fsp3) is 0.200. The summed E-state index contributed by atoms with van der Waals surface area (Å²) < 4.78 is 18.4. The maximum atomic E-state index is 13.2. The first-order valence-corrected chi connectivity index (χ1v) is 6.11. The van der Waals surface area contributed by atoms with Crippen LogP contribution in [0.2, 0.25) is 0 Å². The second-order valence-corrected chi connectivity index (χ2v) is 4.26. The lowest BCUT2D eigenvalue weighted by Gasteiger charge is -2.08. The van der Waals surface area contributed by atoms with Crippen LogP contribution in [-0.4, -0.2) is 13.7 Å². The van der Waals surface area contributed by atoms with Crippen molar-refractivity contribution in [2.75, 3.05) is 24.7 Å². The quantitative estimate of drug-likeness (QED) is 0.812. The molecule has 0 saturated heterocycles. The second-order valence-electron chi connectivity index (χ2n) is 4.26. The molecular weight excluding hydrogens is 243 g/mol. The molecule has 100 valence electrons. The van der Waals surface area contributed by atoms with Crippen LogP contribution in [0.1, 0.15) is 5.56 Å². The van der Waals surface area contributed by atoms with Gasteiger partial charge in [-0.3, -0.25) is 0 Å². The number of anilines is 2. The third kappa shape index (κ3) is 3.61. The van der Waals surface area contributed by atoms with Crippen LogP contribution in [0.5, 0.6) is 5.75 Å². The number of nitrogen functional groups attached to an aromatic ring is 1. The Kier molecular flexibility index (Phi) is 4.23. The van der Waals surface area contributed by atoms with E-state index in [4.69, 9.17) is 10.5 Å². The Morgan fingerprint density at radius 2 is 2.05 bits per heavy atom. The van der Waals surface area contributed by atoms with Gasteiger partial charge in [0.15, 0.2) is 0 Å². The first kappa shape index (κ1) is 13.2. The Balaban J connectivity index is 1.90. The molecule has 0 heterocycles. The van der Waals surface area contributed by atoms with E-state index in [2.05, 4.69) is 5.32 Å². The van der Waals surface area contributed by atoms with Crippen molar-refractivity contribution in [2.24, 2.45) is 0 Å². The molecule has 0 spiro atoms. The maximum absolute atomic E-state index is 13.2. The SMILES string of the molecule is COc1cccc(CCNc2ccc(N)c(F)c2)c1. The molecule has 0 aliphatic carbocycles. The van der Waals surface area contributed by atoms with Gasteiger partial charge in [0.25, 0.3) is 0 Å². The van der Waals surface area contributed by atoms with Crippen LogP contribution in [0.3, 0.4) is 0 Å². The number of benzene rings is 2. The highest BCUT2D eigenvalue weighted by molar-refractivity contribution is 5.52. The fourth-order valence-corrected chi connectivity index (χ4v) is 1.82. The molecule has 3 N–H and O–H groups in total. The molecule has 0 atom stereocenters. The minimum absolute atomic E-state index is 0.165. The molecule has 0 radical (unpaired) electrons. The summed E-state index contributed by atoms with van der Waals surface area (Å²) in [6.45, 7) is 0.719. The van der Waals surface area contributed by atoms with Crippen LogP contribution in [0.15, 0.2) is 42.5 Å². The number of halogens is 1. The van der Waals surface area contributed by atoms with Gasteiger partial charge in [-0.25, -0.2) is 4.39 Å². The van der Waals surface area contributed by atoms with Crippen molar-refractivity contribution in [3.8, 4) is 5.75 Å². The average molecular weight is 260 g/mol. The Labute approximate surface area is 112 Å². The minimum atomic E-state index is -0.397. The fourth-order valence-electron chi connectivity index (χ4n) is 1.82. The molecule has 0 aliphatic rings. The van der Waals surface area contributed by atoms with E-state index < -0.39 is 5.82 Å². The number of ether oxygens (including phenoxy) is 1. The van der Waals surface area contributed by atoms with E-state index in [1.807, 2.05) is 24.3 Å². The molecule has 0 amide bonds. The summed E-state index contributed by atoms with van der Waals surface area (Å²) in [5.41, 5.74) is 7.49. The first-order valence-electron chi connectivity index (χ1n) is 6.11. The molecule has 2 aromatic rings. The van der Waals surface area contributed by atoms with Gasteiger partial charge in [-0.15, -0.1) is 0 Å². The van der Waals surface area contributed by atoms with Crippen LogP contribution in [0.25, 0.3) is 0 Å². The lowest BCUT2D eigenvalue weighted by Crippen LogP contribution is -2.05. The Hall–Kier alpha value is -2.23. The third-order valence-electron chi connectivity index (χ3n) is 2.88. The monoisotopic (exact) mass is 260 g/mol. The summed E-state index contributed by atoms with van der Waals surface area (Å²) in [7, 11) is 1.65. The summed E-state index contributed by atoms with van der Waals surface area (Å²) >= 11 is 0. The van der Waals surface area contributed by atoms with Crippen molar-refractivity contribution < 1.29 is 9.13 Å². The van der Waals surface area contributed by atoms with Crippen molar-refractivity contribution in [1.29, 1.82) is 0 Å². The highest BCUT2D eigenvalue weighted by Gasteiger charge is 2.00. The lowest BCUT2D eigenvalue weighted by atomic mass is 10.1. The topological polar surface area (TPSA) is 47.3 Å². The molecule has 0 unspecified atom stereocenters. The number of nitrogens with one attached hydrogen (secondary N) is 1. The minimum Gasteiger partial charge on any atom is -0.497 e. The molecule has 0 saturated carbocycles. The number of nitrogens with two attached hydrogens (primary N) is 1. The van der Waals surface area contributed by atoms with Gasteiger partial charge >= 0.3 is 0 Å². The molecule has 4 heteroatoms. The van der Waals surface area contributed by atoms with Crippen LogP contribution in [0, 0.1) is 5.82 Å². The van der Waals surface area contributed by atoms with Gasteiger partial charge in [0.05, 0.1) is 12.8 Å². The zero-order chi connectivity index (χ0) is 13.7. The maximum Gasteiger partial charge on any atom is 0.148 e. The molecule has 2 aromatic carbocycles. The molecule has 3 nitrogen and oxygen atoms in total. The van der Waals surface area contributed by atoms with Crippen LogP contribution >= 0.6 is 0 Å². The largest absolute Gasteiger partial charge is 0.497 e. The van der Waals surface area contributed by atoms with Crippen molar-refractivity contribution in [2.45, 2.75) is 6.42 Å². The van der Waals surface area contributed by atoms with E-state index >= 15 is 0 Å². The van der Waals surface area contributed by atoms with E-state index in [1.54, 1.807) is 19.2 Å². The van der Waals surface area contributed by atoms with Crippen LogP contribution in [-0.2, 0) is 6.42 Å². The molecule has 0 bridgehead atoms. The summed E-state index contributed by atoms with van der Waals surface area (Å²) in [6, 6.07) is 12.6. The second kappa shape index (κ2) is 6.09. The van der Waals surface area contributed by atoms with Gasteiger partial charge in [0.2, 0.25) is 0 Å². The van der Waals surface area contributed by atoms with Gasteiger partial charge in [-0.1, -0.05) is 12.1 Å². The molecule has 0 aromatic heterocycles. The molecule has 0 fully saturated rings. The van der Waals surface area contributed by atoms with Crippen molar-refractivity contribution in [1.82, 2.24) is 0 Å². The zero-order valence-electron chi connectivity index (χ0n) is 10.8. The van der Waals surface area contributed by atoms with Gasteiger partial charge in [0.1, 0.15) is 11.6 Å². The lowest BCUT2D eigenvalue weighted by molar-refractivity contribution is 0.414. The smallest absolute Gasteiger partial charge is 0.148 e. The predicted octanol–water partition coefficient (Wildman–Crippen LogP) is 3.07. The predicted molar refractivity (Wildman–Crippen MR) is 76.0 cm³/mol. The van der Waals surface area contributed by atoms with Gasteiger partial charge in [-0.2, -0.15) is 0 Å². The number of hydrogen-bond acceptors (Lipinski definition) is 3. The van der Waals surface area contributed by atoms with E-state index in [0.29, 0.717) is 0 Å². The van der Waals surface area contributed by atoms with Crippen molar-refractivity contribution >= 4 is 11.4 Å². The van der Waals surface area contributed by atoms with Gasteiger partial charge < -0.3 is 15.8 Å². The summed E-state index contributed by atoms with van der Waals surface area (Å²) in [5, 5.41) is 3.16. The molecule has 19 heavy (non-hydrogen) atoms. The van der Waals surface area contributed by atoms with Crippen molar-refractivity contribution in [3.63, 3.8) is 0 Å². The average Bonchev–Trinajstić information content (AvgIpc) is 2.43. The highest BCUT2D eigenvalue weighted by atomic mass is 19.1. The van der Waals surface area contributed by atoms with Crippen LogP contribution < -0.4 is 15.8 Å². The van der Waals surface area contributed by atoms with E-state index in [1.165, 1.54) is 11.6 Å². The first-order chi connectivity index (χ1) is 9.19. The van der Waals surface area contributed by atoms with E-state index in [9.17, 15) is 4.39 Å². The molecule has 2 rings (SSSR count). The van der Waals surface area contributed by atoms with Gasteiger partial charge in [0, 0.05) is 12.2 Å². The summed E-state index contributed by atoms with van der Waals surface area (Å²) in [6.07, 6.45) is 0.837. The normalized spacial score (nSPS) is 10.2. The van der Waals surface area contributed by atoms with Crippen molar-refractivity contribution in [3.05, 3.63) is 53.8 Å². The molecular formula is C15H17FN2O. The summed E-state index contributed by atoms with van der Waals surface area (Å²) in [4.78, 5) is 0. The zero-order valence-corrected chi connectivity index (χ0v) is 10.8. The number of rotatable bonds is 5. The molecule has 0 aliphatic heterocycles.